The summed E-state index contributed by atoms with van der Waals surface area (Å²) in [5.41, 5.74) is 1.83. The van der Waals surface area contributed by atoms with Crippen molar-refractivity contribution in [3.05, 3.63) is 41.0 Å². The van der Waals surface area contributed by atoms with Crippen LogP contribution in [0, 0.1) is 0 Å². The zero-order chi connectivity index (χ0) is 12.3. The Bertz CT molecular complexity index is 554. The number of hydrogen-bond donors (Lipinski definition) is 1. The zero-order valence-corrected chi connectivity index (χ0v) is 10.3. The highest BCUT2D eigenvalue weighted by molar-refractivity contribution is 6.31. The first-order valence-electron chi connectivity index (χ1n) is 5.45. The van der Waals surface area contributed by atoms with E-state index >= 15 is 0 Å². The van der Waals surface area contributed by atoms with Crippen molar-refractivity contribution in [2.24, 2.45) is 0 Å². The van der Waals surface area contributed by atoms with Crippen LogP contribution in [0.15, 0.2) is 30.3 Å². The fourth-order valence-corrected chi connectivity index (χ4v) is 1.83. The molecule has 0 unspecified atom stereocenters. The number of amides is 1. The number of hydrogen-bond acceptors (Lipinski definition) is 2. The van der Waals surface area contributed by atoms with Gasteiger partial charge in [-0.25, -0.2) is 0 Å². The van der Waals surface area contributed by atoms with Gasteiger partial charge >= 0.3 is 0 Å². The molecule has 0 aliphatic heterocycles. The molecule has 3 nitrogen and oxygen atoms in total. The largest absolute Gasteiger partial charge is 0.359 e. The van der Waals surface area contributed by atoms with Crippen LogP contribution in [0.1, 0.15) is 12.1 Å². The molecule has 17 heavy (non-hydrogen) atoms. The van der Waals surface area contributed by atoms with E-state index in [1.807, 2.05) is 30.3 Å². The molecule has 0 saturated carbocycles. The molecular formula is C13H13ClN2O. The van der Waals surface area contributed by atoms with Gasteiger partial charge in [0.2, 0.25) is 5.91 Å². The number of aryl methyl sites for hydroxylation is 1. The first-order valence-corrected chi connectivity index (χ1v) is 5.82. The predicted octanol–water partition coefficient (Wildman–Crippen LogP) is 2.57. The fraction of sp³-hybridized carbons (Fsp3) is 0.231. The number of carbonyl (C=O) groups excluding carboxylic acids is 1. The molecule has 4 heteroatoms. The maximum Gasteiger partial charge on any atom is 0.220 e. The zero-order valence-electron chi connectivity index (χ0n) is 9.53. The normalized spacial score (nSPS) is 10.5. The first kappa shape index (κ1) is 11.9. The molecule has 1 aromatic carbocycles. The van der Waals surface area contributed by atoms with Gasteiger partial charge in [0.05, 0.1) is 5.52 Å². The van der Waals surface area contributed by atoms with Gasteiger partial charge in [0, 0.05) is 29.6 Å². The molecule has 2 rings (SSSR count). The Morgan fingerprint density at radius 1 is 1.35 bits per heavy atom. The van der Waals surface area contributed by atoms with Gasteiger partial charge in [-0.15, -0.1) is 0 Å². The lowest BCUT2D eigenvalue weighted by atomic mass is 10.1. The molecular weight excluding hydrogens is 236 g/mol. The third-order valence-electron chi connectivity index (χ3n) is 2.60. The van der Waals surface area contributed by atoms with Gasteiger partial charge < -0.3 is 5.32 Å². The Balaban J connectivity index is 2.20. The average molecular weight is 249 g/mol. The summed E-state index contributed by atoms with van der Waals surface area (Å²) in [7, 11) is 1.64. The summed E-state index contributed by atoms with van der Waals surface area (Å²) >= 11 is 5.90. The predicted molar refractivity (Wildman–Crippen MR) is 69.1 cm³/mol. The van der Waals surface area contributed by atoms with Crippen molar-refractivity contribution in [3.8, 4) is 0 Å². The van der Waals surface area contributed by atoms with Crippen molar-refractivity contribution in [1.82, 2.24) is 10.3 Å². The number of benzene rings is 1. The number of rotatable bonds is 3. The second-order valence-corrected chi connectivity index (χ2v) is 4.25. The average Bonchev–Trinajstić information content (AvgIpc) is 2.35. The van der Waals surface area contributed by atoms with Crippen LogP contribution in [-0.2, 0) is 11.2 Å². The van der Waals surface area contributed by atoms with E-state index in [1.54, 1.807) is 7.05 Å². The van der Waals surface area contributed by atoms with Gasteiger partial charge in [0.25, 0.3) is 0 Å². The van der Waals surface area contributed by atoms with Crippen molar-refractivity contribution in [2.75, 3.05) is 7.05 Å². The molecule has 0 atom stereocenters. The molecule has 1 amide bonds. The second-order valence-electron chi connectivity index (χ2n) is 3.81. The van der Waals surface area contributed by atoms with Crippen LogP contribution in [0.4, 0.5) is 0 Å². The molecule has 0 radical (unpaired) electrons. The van der Waals surface area contributed by atoms with Gasteiger partial charge in [-0.3, -0.25) is 9.78 Å². The molecule has 0 fully saturated rings. The highest BCUT2D eigenvalue weighted by Gasteiger charge is 2.02. The number of aromatic nitrogens is 1. The van der Waals surface area contributed by atoms with Crippen LogP contribution < -0.4 is 5.32 Å². The second kappa shape index (κ2) is 5.15. The smallest absolute Gasteiger partial charge is 0.220 e. The summed E-state index contributed by atoms with van der Waals surface area (Å²) in [5.74, 6) is 0.0306. The maximum atomic E-state index is 11.1. The van der Waals surface area contributed by atoms with Crippen molar-refractivity contribution >= 4 is 28.4 Å². The monoisotopic (exact) mass is 248 g/mol. The molecule has 0 saturated heterocycles. The van der Waals surface area contributed by atoms with E-state index in [2.05, 4.69) is 10.3 Å². The van der Waals surface area contributed by atoms with E-state index in [0.717, 1.165) is 16.6 Å². The topological polar surface area (TPSA) is 42.0 Å². The van der Waals surface area contributed by atoms with Crippen LogP contribution in [0.5, 0.6) is 0 Å². The Morgan fingerprint density at radius 3 is 2.94 bits per heavy atom. The number of fused-ring (bicyclic) bond motifs is 1. The van der Waals surface area contributed by atoms with Gasteiger partial charge in [0.15, 0.2) is 0 Å². The molecule has 0 aliphatic carbocycles. The third kappa shape index (κ3) is 2.94. The summed E-state index contributed by atoms with van der Waals surface area (Å²) in [6.45, 7) is 0. The fourth-order valence-electron chi connectivity index (χ4n) is 1.64. The van der Waals surface area contributed by atoms with E-state index in [9.17, 15) is 4.79 Å². The van der Waals surface area contributed by atoms with Crippen molar-refractivity contribution in [3.63, 3.8) is 0 Å². The Kier molecular flexibility index (Phi) is 3.59. The maximum absolute atomic E-state index is 11.1. The Labute approximate surface area is 105 Å². The number of nitrogens with one attached hydrogen (secondary N) is 1. The molecule has 0 spiro atoms. The molecule has 1 N–H and O–H groups in total. The lowest BCUT2D eigenvalue weighted by Crippen LogP contribution is -2.18. The SMILES string of the molecule is CNC(=O)CCc1ccc2cc(Cl)ccc2n1. The van der Waals surface area contributed by atoms with Gasteiger partial charge in [-0.1, -0.05) is 17.7 Å². The van der Waals surface area contributed by atoms with E-state index < -0.39 is 0 Å². The minimum absolute atomic E-state index is 0.0306. The Morgan fingerprint density at radius 2 is 2.18 bits per heavy atom. The van der Waals surface area contributed by atoms with Gasteiger partial charge in [0.1, 0.15) is 0 Å². The van der Waals surface area contributed by atoms with E-state index in [4.69, 9.17) is 11.6 Å². The number of pyridine rings is 1. The van der Waals surface area contributed by atoms with Gasteiger partial charge in [-0.05, 0) is 30.7 Å². The minimum Gasteiger partial charge on any atom is -0.359 e. The molecule has 1 aromatic heterocycles. The van der Waals surface area contributed by atoms with E-state index in [0.29, 0.717) is 17.9 Å². The van der Waals surface area contributed by atoms with Crippen LogP contribution in [0.25, 0.3) is 10.9 Å². The first-order chi connectivity index (χ1) is 8.19. The number of carbonyl (C=O) groups is 1. The lowest BCUT2D eigenvalue weighted by molar-refractivity contribution is -0.120. The van der Waals surface area contributed by atoms with Crippen molar-refractivity contribution in [2.45, 2.75) is 12.8 Å². The van der Waals surface area contributed by atoms with Crippen LogP contribution >= 0.6 is 11.6 Å². The summed E-state index contributed by atoms with van der Waals surface area (Å²) in [6.07, 6.45) is 1.11. The molecule has 2 aromatic rings. The van der Waals surface area contributed by atoms with Crippen LogP contribution in [0.2, 0.25) is 5.02 Å². The number of nitrogens with zero attached hydrogens (tertiary/aromatic N) is 1. The summed E-state index contributed by atoms with van der Waals surface area (Å²) < 4.78 is 0. The molecule has 0 bridgehead atoms. The highest BCUT2D eigenvalue weighted by atomic mass is 35.5. The lowest BCUT2D eigenvalue weighted by Gasteiger charge is -2.03. The van der Waals surface area contributed by atoms with Crippen LogP contribution in [-0.4, -0.2) is 17.9 Å². The third-order valence-corrected chi connectivity index (χ3v) is 2.83. The Hall–Kier alpha value is -1.61. The molecule has 0 aliphatic rings. The van der Waals surface area contributed by atoms with Crippen LogP contribution in [0.3, 0.4) is 0 Å². The van der Waals surface area contributed by atoms with Crippen molar-refractivity contribution < 1.29 is 4.79 Å². The van der Waals surface area contributed by atoms with Gasteiger partial charge in [-0.2, -0.15) is 0 Å². The molecule has 88 valence electrons. The quantitative estimate of drug-likeness (QED) is 0.907. The summed E-state index contributed by atoms with van der Waals surface area (Å²) in [5, 5.41) is 4.32. The van der Waals surface area contributed by atoms with E-state index in [-0.39, 0.29) is 5.91 Å². The summed E-state index contributed by atoms with van der Waals surface area (Å²) in [6, 6.07) is 9.50. The highest BCUT2D eigenvalue weighted by Crippen LogP contribution is 2.18. The minimum atomic E-state index is 0.0306. The van der Waals surface area contributed by atoms with Crippen molar-refractivity contribution in [1.29, 1.82) is 0 Å². The standard InChI is InChI=1S/C13H13ClN2O/c1-15-13(17)7-5-11-4-2-9-8-10(14)3-6-12(9)16-11/h2-4,6,8H,5,7H2,1H3,(H,15,17). The number of halogens is 1. The van der Waals surface area contributed by atoms with E-state index in [1.165, 1.54) is 0 Å². The molecule has 1 heterocycles. The summed E-state index contributed by atoms with van der Waals surface area (Å²) in [4.78, 5) is 15.6.